The topological polar surface area (TPSA) is 92.2 Å². The van der Waals surface area contributed by atoms with Gasteiger partial charge in [0.15, 0.2) is 5.76 Å². The van der Waals surface area contributed by atoms with Crippen molar-refractivity contribution in [2.75, 3.05) is 27.2 Å². The summed E-state index contributed by atoms with van der Waals surface area (Å²) < 4.78 is 1.76. The van der Waals surface area contributed by atoms with Crippen LogP contribution in [0.1, 0.15) is 28.6 Å². The fourth-order valence-electron chi connectivity index (χ4n) is 4.07. The van der Waals surface area contributed by atoms with Crippen molar-refractivity contribution in [2.45, 2.75) is 19.9 Å². The molecule has 2 N–H and O–H groups in total. The van der Waals surface area contributed by atoms with Gasteiger partial charge in [-0.05, 0) is 37.1 Å². The van der Waals surface area contributed by atoms with Gasteiger partial charge in [-0.15, -0.1) is 0 Å². The maximum absolute atomic E-state index is 13.1. The second kappa shape index (κ2) is 7.96. The van der Waals surface area contributed by atoms with Gasteiger partial charge in [0.2, 0.25) is 0 Å². The molecule has 1 saturated heterocycles. The van der Waals surface area contributed by atoms with Crippen LogP contribution < -0.4 is 4.90 Å². The lowest BCUT2D eigenvalue weighted by Crippen LogP contribution is -3.06. The molecule has 1 amide bonds. The van der Waals surface area contributed by atoms with Gasteiger partial charge in [-0.25, -0.2) is 4.98 Å². The lowest BCUT2D eigenvalue weighted by atomic mass is 9.97. The number of aliphatic hydroxyl groups is 1. The zero-order valence-corrected chi connectivity index (χ0v) is 18.1. The number of likely N-dealkylation sites (tertiary alicyclic amines) is 1. The predicted molar refractivity (Wildman–Crippen MR) is 116 cm³/mol. The van der Waals surface area contributed by atoms with Crippen LogP contribution in [0.5, 0.6) is 0 Å². The molecule has 3 aromatic rings. The largest absolute Gasteiger partial charge is 0.505 e. The first-order valence-electron chi connectivity index (χ1n) is 10.2. The van der Waals surface area contributed by atoms with Gasteiger partial charge in [0.1, 0.15) is 11.3 Å². The van der Waals surface area contributed by atoms with E-state index in [0.717, 1.165) is 10.5 Å². The molecule has 0 aliphatic carbocycles. The number of Topliss-reactive ketones (excluding diaryl/α,β-unsaturated/α-hetero) is 1. The summed E-state index contributed by atoms with van der Waals surface area (Å²) in [7, 11) is 3.97. The number of hydrogen-bond donors (Lipinski definition) is 2. The van der Waals surface area contributed by atoms with Crippen LogP contribution in [-0.2, 0) is 9.59 Å². The smallest absolute Gasteiger partial charge is 0.295 e. The molecule has 8 heteroatoms. The van der Waals surface area contributed by atoms with E-state index in [4.69, 9.17) is 0 Å². The van der Waals surface area contributed by atoms with Crippen molar-refractivity contribution in [1.82, 2.24) is 19.3 Å². The van der Waals surface area contributed by atoms with Gasteiger partial charge >= 0.3 is 0 Å². The highest BCUT2D eigenvalue weighted by molar-refractivity contribution is 6.46. The molecule has 8 nitrogen and oxygen atoms in total. The zero-order valence-electron chi connectivity index (χ0n) is 18.1. The van der Waals surface area contributed by atoms with Crippen LogP contribution in [0.3, 0.4) is 0 Å². The number of pyridine rings is 2. The van der Waals surface area contributed by atoms with Crippen molar-refractivity contribution < 1.29 is 19.6 Å². The van der Waals surface area contributed by atoms with E-state index >= 15 is 0 Å². The van der Waals surface area contributed by atoms with Crippen molar-refractivity contribution in [2.24, 2.45) is 0 Å². The number of hydrogen-bond acceptors (Lipinski definition) is 5. The summed E-state index contributed by atoms with van der Waals surface area (Å²) in [6.45, 7) is 4.77. The molecule has 1 atom stereocenters. The lowest BCUT2D eigenvalue weighted by molar-refractivity contribution is -0.857. The normalized spacial score (nSPS) is 18.5. The highest BCUT2D eigenvalue weighted by atomic mass is 16.3. The maximum atomic E-state index is 13.1. The summed E-state index contributed by atoms with van der Waals surface area (Å²) in [5, 5.41) is 11.4. The molecule has 3 aromatic heterocycles. The minimum atomic E-state index is -0.706. The third-order valence-corrected chi connectivity index (χ3v) is 5.64. The molecule has 31 heavy (non-hydrogen) atoms. The highest BCUT2D eigenvalue weighted by Crippen LogP contribution is 2.39. The maximum Gasteiger partial charge on any atom is 0.295 e. The number of nitrogens with zero attached hydrogens (tertiary/aromatic N) is 4. The van der Waals surface area contributed by atoms with Gasteiger partial charge in [0, 0.05) is 18.6 Å². The number of aryl methyl sites for hydroxylation is 2. The lowest BCUT2D eigenvalue weighted by Gasteiger charge is -2.25. The molecule has 0 unspecified atom stereocenters. The summed E-state index contributed by atoms with van der Waals surface area (Å²) >= 11 is 0. The molecule has 1 fully saturated rings. The summed E-state index contributed by atoms with van der Waals surface area (Å²) in [4.78, 5) is 37.5. The molecule has 1 aliphatic heterocycles. The van der Waals surface area contributed by atoms with E-state index in [9.17, 15) is 14.7 Å². The van der Waals surface area contributed by atoms with Crippen LogP contribution in [0.4, 0.5) is 0 Å². The third-order valence-electron chi connectivity index (χ3n) is 5.64. The standard InChI is InChI=1S/C23H25N5O3/c1-14-7-6-10-27-18(15(2)25-22(14)27)20(29)17-19(16-8-5-9-24-13-16)28(12-11-26(3)4)23(31)21(17)30/h5-10,13,19,29H,11-12H2,1-4H3/p+1/t19-/m1/s1. The first kappa shape index (κ1) is 20.7. The summed E-state index contributed by atoms with van der Waals surface area (Å²) in [6, 6.07) is 6.66. The van der Waals surface area contributed by atoms with Crippen LogP contribution in [-0.4, -0.2) is 63.3 Å². The van der Waals surface area contributed by atoms with Crippen LogP contribution in [0.15, 0.2) is 48.4 Å². The van der Waals surface area contributed by atoms with E-state index in [2.05, 4.69) is 9.97 Å². The van der Waals surface area contributed by atoms with E-state index in [1.807, 2.05) is 39.2 Å². The Hall–Kier alpha value is -3.52. The number of rotatable bonds is 5. The Balaban J connectivity index is 1.94. The minimum Gasteiger partial charge on any atom is -0.505 e. The van der Waals surface area contributed by atoms with Gasteiger partial charge in [-0.2, -0.15) is 0 Å². The van der Waals surface area contributed by atoms with E-state index in [1.165, 1.54) is 4.90 Å². The highest BCUT2D eigenvalue weighted by Gasteiger charge is 2.46. The molecular formula is C23H26N5O3+. The van der Waals surface area contributed by atoms with E-state index in [1.54, 1.807) is 36.0 Å². The van der Waals surface area contributed by atoms with Gasteiger partial charge in [0.25, 0.3) is 11.7 Å². The van der Waals surface area contributed by atoms with Crippen LogP contribution in [0, 0.1) is 13.8 Å². The van der Waals surface area contributed by atoms with Crippen molar-refractivity contribution in [3.63, 3.8) is 0 Å². The summed E-state index contributed by atoms with van der Waals surface area (Å²) in [5.74, 6) is -1.52. The number of carbonyl (C=O) groups excluding carboxylic acids is 2. The Bertz CT molecular complexity index is 1200. The fraction of sp³-hybridized carbons (Fsp3) is 0.304. The van der Waals surface area contributed by atoms with Crippen LogP contribution >= 0.6 is 0 Å². The number of nitrogens with one attached hydrogen (secondary N) is 1. The average Bonchev–Trinajstić information content (AvgIpc) is 3.21. The predicted octanol–water partition coefficient (Wildman–Crippen LogP) is 0.912. The van der Waals surface area contributed by atoms with Crippen molar-refractivity contribution in [1.29, 1.82) is 0 Å². The number of fused-ring (bicyclic) bond motifs is 1. The van der Waals surface area contributed by atoms with Gasteiger partial charge in [-0.1, -0.05) is 12.1 Å². The first-order valence-corrected chi connectivity index (χ1v) is 10.2. The fourth-order valence-corrected chi connectivity index (χ4v) is 4.07. The molecule has 1 aliphatic rings. The Morgan fingerprint density at radius 2 is 1.97 bits per heavy atom. The number of aromatic nitrogens is 3. The number of aliphatic hydroxyl groups excluding tert-OH is 1. The van der Waals surface area contributed by atoms with E-state index < -0.39 is 17.7 Å². The number of ketones is 1. The van der Waals surface area contributed by atoms with Gasteiger partial charge in [0.05, 0.1) is 44.5 Å². The molecule has 160 valence electrons. The van der Waals surface area contributed by atoms with Crippen LogP contribution in [0.2, 0.25) is 0 Å². The second-order valence-corrected chi connectivity index (χ2v) is 8.17. The molecule has 0 aromatic carbocycles. The van der Waals surface area contributed by atoms with Crippen molar-refractivity contribution in [3.8, 4) is 0 Å². The molecule has 4 heterocycles. The molecule has 0 bridgehead atoms. The third kappa shape index (κ3) is 3.48. The quantitative estimate of drug-likeness (QED) is 0.364. The van der Waals surface area contributed by atoms with Crippen molar-refractivity contribution >= 4 is 23.1 Å². The minimum absolute atomic E-state index is 0.0677. The summed E-state index contributed by atoms with van der Waals surface area (Å²) in [6.07, 6.45) is 5.06. The molecule has 0 spiro atoms. The SMILES string of the molecule is Cc1nc2c(C)cccn2c1C(O)=C1C(=O)C(=O)N(CC[NH+](C)C)[C@@H]1c1cccnc1. The Morgan fingerprint density at radius 3 is 2.65 bits per heavy atom. The number of imidazole rings is 1. The number of carbonyl (C=O) groups is 2. The number of quaternary nitrogens is 1. The second-order valence-electron chi connectivity index (χ2n) is 8.17. The van der Waals surface area contributed by atoms with Gasteiger partial charge in [-0.3, -0.25) is 19.0 Å². The number of amides is 1. The molecule has 4 rings (SSSR count). The first-order chi connectivity index (χ1) is 14.8. The van der Waals surface area contributed by atoms with E-state index in [0.29, 0.717) is 35.7 Å². The molecular weight excluding hydrogens is 394 g/mol. The van der Waals surface area contributed by atoms with Crippen LogP contribution in [0.25, 0.3) is 11.4 Å². The van der Waals surface area contributed by atoms with Gasteiger partial charge < -0.3 is 14.9 Å². The monoisotopic (exact) mass is 420 g/mol. The zero-order chi connectivity index (χ0) is 22.3. The number of likely N-dealkylation sites (N-methyl/N-ethyl adjacent to an activating group) is 1. The Kier molecular flexibility index (Phi) is 5.32. The Labute approximate surface area is 180 Å². The van der Waals surface area contributed by atoms with E-state index in [-0.39, 0.29) is 11.3 Å². The Morgan fingerprint density at radius 1 is 1.19 bits per heavy atom. The molecule has 0 radical (unpaired) electrons. The average molecular weight is 420 g/mol. The van der Waals surface area contributed by atoms with Crippen molar-refractivity contribution in [3.05, 3.63) is 70.9 Å². The summed E-state index contributed by atoms with van der Waals surface area (Å²) in [5.41, 5.74) is 3.40. The molecule has 0 saturated carbocycles.